The molecular weight excluding hydrogens is 370 g/mol. The molecule has 0 atom stereocenters. The van der Waals surface area contributed by atoms with Crippen molar-refractivity contribution in [3.8, 4) is 11.3 Å². The molecule has 1 aliphatic heterocycles. The van der Waals surface area contributed by atoms with Crippen molar-refractivity contribution in [2.75, 3.05) is 6.54 Å². The van der Waals surface area contributed by atoms with Gasteiger partial charge in [-0.1, -0.05) is 42.2 Å². The molecule has 1 saturated heterocycles. The second-order valence-electron chi connectivity index (χ2n) is 5.57. The number of nitrogens with zero attached hydrogens (tertiary/aromatic N) is 1. The van der Waals surface area contributed by atoms with E-state index in [0.717, 1.165) is 0 Å². The Morgan fingerprint density at radius 2 is 2.15 bits per heavy atom. The van der Waals surface area contributed by atoms with E-state index in [1.807, 2.05) is 0 Å². The number of hydrogen-bond acceptors (Lipinski definition) is 5. The van der Waals surface area contributed by atoms with Crippen LogP contribution >= 0.6 is 24.0 Å². The number of thioether (sulfide) groups is 1. The molecule has 1 N–H and O–H groups in total. The predicted molar refractivity (Wildman–Crippen MR) is 106 cm³/mol. The summed E-state index contributed by atoms with van der Waals surface area (Å²) in [6.07, 6.45) is 3.26. The highest BCUT2D eigenvalue weighted by molar-refractivity contribution is 8.26. The van der Waals surface area contributed by atoms with Crippen LogP contribution in [0, 0.1) is 6.92 Å². The van der Waals surface area contributed by atoms with Gasteiger partial charge in [0.2, 0.25) is 0 Å². The fourth-order valence-electron chi connectivity index (χ4n) is 2.63. The van der Waals surface area contributed by atoms with Crippen LogP contribution in [0.3, 0.4) is 0 Å². The predicted octanol–water partition coefficient (Wildman–Crippen LogP) is 4.34. The maximum absolute atomic E-state index is 12.4. The third kappa shape index (κ3) is 3.36. The Bertz CT molecular complexity index is 958. The van der Waals surface area contributed by atoms with Crippen molar-refractivity contribution in [1.29, 1.82) is 0 Å². The zero-order chi connectivity index (χ0) is 18.8. The largest absolute Gasteiger partial charge is 0.478 e. The van der Waals surface area contributed by atoms with Gasteiger partial charge in [0, 0.05) is 18.2 Å². The summed E-state index contributed by atoms with van der Waals surface area (Å²) in [4.78, 5) is 25.6. The molecule has 26 heavy (non-hydrogen) atoms. The quantitative estimate of drug-likeness (QED) is 0.469. The van der Waals surface area contributed by atoms with E-state index < -0.39 is 5.97 Å². The summed E-state index contributed by atoms with van der Waals surface area (Å²) in [7, 11) is 0. The number of carbonyl (C=O) groups is 2. The van der Waals surface area contributed by atoms with Crippen molar-refractivity contribution in [2.24, 2.45) is 0 Å². The number of furan rings is 1. The van der Waals surface area contributed by atoms with Gasteiger partial charge in [0.25, 0.3) is 5.91 Å². The summed E-state index contributed by atoms with van der Waals surface area (Å²) in [5.41, 5.74) is 1.55. The normalized spacial score (nSPS) is 15.7. The summed E-state index contributed by atoms with van der Waals surface area (Å²) in [5, 5.41) is 9.25. The fraction of sp³-hybridized carbons (Fsp3) is 0.105. The second-order valence-corrected chi connectivity index (χ2v) is 7.24. The maximum atomic E-state index is 12.4. The SMILES string of the molecule is C=CCN1C(=O)/C(=C/c2ccc(-c3cccc(C(=O)O)c3C)o2)SC1=S. The molecule has 7 heteroatoms. The lowest BCUT2D eigenvalue weighted by atomic mass is 10.0. The van der Waals surface area contributed by atoms with Crippen molar-refractivity contribution in [2.45, 2.75) is 6.92 Å². The van der Waals surface area contributed by atoms with Crippen LogP contribution in [0.15, 0.2) is 52.3 Å². The number of carboxylic acids is 1. The number of aromatic carboxylic acids is 1. The molecule has 1 fully saturated rings. The number of amides is 1. The zero-order valence-electron chi connectivity index (χ0n) is 13.9. The molecule has 0 unspecified atom stereocenters. The van der Waals surface area contributed by atoms with E-state index in [0.29, 0.717) is 38.4 Å². The smallest absolute Gasteiger partial charge is 0.335 e. The van der Waals surface area contributed by atoms with Crippen LogP contribution in [0.4, 0.5) is 0 Å². The molecule has 0 bridgehead atoms. The highest BCUT2D eigenvalue weighted by Crippen LogP contribution is 2.34. The van der Waals surface area contributed by atoms with Crippen LogP contribution in [-0.4, -0.2) is 32.7 Å². The molecule has 5 nitrogen and oxygen atoms in total. The molecule has 0 spiro atoms. The van der Waals surface area contributed by atoms with Gasteiger partial charge < -0.3 is 9.52 Å². The number of carboxylic acid groups (broad SMARTS) is 1. The van der Waals surface area contributed by atoms with Gasteiger partial charge in [0.15, 0.2) is 0 Å². The standard InChI is InChI=1S/C19H15NO4S2/c1-3-9-20-17(21)16(26-19(20)25)10-12-7-8-15(24-12)13-5-4-6-14(11(13)2)18(22)23/h3-8,10H,1,9H2,2H3,(H,22,23)/b16-10-. The van der Waals surface area contributed by atoms with E-state index in [-0.39, 0.29) is 11.5 Å². The number of carbonyl (C=O) groups excluding carboxylic acids is 1. The molecule has 0 aliphatic carbocycles. The minimum Gasteiger partial charge on any atom is -0.478 e. The van der Waals surface area contributed by atoms with E-state index in [4.69, 9.17) is 16.6 Å². The van der Waals surface area contributed by atoms with Gasteiger partial charge >= 0.3 is 5.97 Å². The van der Waals surface area contributed by atoms with Gasteiger partial charge in [-0.3, -0.25) is 9.69 Å². The molecule has 0 saturated carbocycles. The van der Waals surface area contributed by atoms with Crippen LogP contribution in [-0.2, 0) is 4.79 Å². The number of hydrogen-bond donors (Lipinski definition) is 1. The first-order valence-electron chi connectivity index (χ1n) is 7.71. The molecule has 3 rings (SSSR count). The summed E-state index contributed by atoms with van der Waals surface area (Å²) >= 11 is 6.42. The summed E-state index contributed by atoms with van der Waals surface area (Å²) in [5.74, 6) is -0.124. The second kappa shape index (κ2) is 7.31. The topological polar surface area (TPSA) is 70.8 Å². The van der Waals surface area contributed by atoms with Crippen molar-refractivity contribution in [1.82, 2.24) is 4.90 Å². The molecule has 1 aromatic carbocycles. The van der Waals surface area contributed by atoms with Crippen LogP contribution < -0.4 is 0 Å². The summed E-state index contributed by atoms with van der Waals surface area (Å²) in [6.45, 7) is 5.73. The highest BCUT2D eigenvalue weighted by Gasteiger charge is 2.31. The first kappa shape index (κ1) is 18.2. The monoisotopic (exact) mass is 385 g/mol. The summed E-state index contributed by atoms with van der Waals surface area (Å²) in [6, 6.07) is 8.52. The van der Waals surface area contributed by atoms with Gasteiger partial charge in [-0.05, 0) is 30.7 Å². The molecule has 1 aromatic heterocycles. The third-order valence-electron chi connectivity index (χ3n) is 3.92. The minimum atomic E-state index is -0.984. The fourth-order valence-corrected chi connectivity index (χ4v) is 3.88. The maximum Gasteiger partial charge on any atom is 0.335 e. The molecule has 1 aliphatic rings. The highest BCUT2D eigenvalue weighted by atomic mass is 32.2. The van der Waals surface area contributed by atoms with Crippen molar-refractivity contribution in [3.05, 3.63) is 64.8 Å². The molecule has 2 heterocycles. The van der Waals surface area contributed by atoms with Gasteiger partial charge in [-0.15, -0.1) is 6.58 Å². The average Bonchev–Trinajstić information content (AvgIpc) is 3.15. The lowest BCUT2D eigenvalue weighted by Gasteiger charge is -2.10. The van der Waals surface area contributed by atoms with Crippen molar-refractivity contribution >= 4 is 46.3 Å². The van der Waals surface area contributed by atoms with Gasteiger partial charge in [-0.25, -0.2) is 4.79 Å². The first-order valence-corrected chi connectivity index (χ1v) is 8.94. The Labute approximate surface area is 160 Å². The lowest BCUT2D eigenvalue weighted by molar-refractivity contribution is -0.121. The van der Waals surface area contributed by atoms with Crippen LogP contribution in [0.1, 0.15) is 21.7 Å². The molecule has 132 valence electrons. The molecule has 0 radical (unpaired) electrons. The molecular formula is C19H15NO4S2. The van der Waals surface area contributed by atoms with Crippen LogP contribution in [0.5, 0.6) is 0 Å². The van der Waals surface area contributed by atoms with Gasteiger partial charge in [0.1, 0.15) is 15.8 Å². The number of thiocarbonyl (C=S) groups is 1. The van der Waals surface area contributed by atoms with Crippen LogP contribution in [0.25, 0.3) is 17.4 Å². The Balaban J connectivity index is 1.91. The lowest BCUT2D eigenvalue weighted by Crippen LogP contribution is -2.27. The Morgan fingerprint density at radius 1 is 1.38 bits per heavy atom. The van der Waals surface area contributed by atoms with E-state index in [1.54, 1.807) is 49.4 Å². The van der Waals surface area contributed by atoms with Crippen molar-refractivity contribution in [3.63, 3.8) is 0 Å². The van der Waals surface area contributed by atoms with Crippen molar-refractivity contribution < 1.29 is 19.1 Å². The minimum absolute atomic E-state index is 0.179. The molecule has 1 amide bonds. The van der Waals surface area contributed by atoms with E-state index in [2.05, 4.69) is 6.58 Å². The number of benzene rings is 1. The zero-order valence-corrected chi connectivity index (χ0v) is 15.5. The Hall–Kier alpha value is -2.64. The van der Waals surface area contributed by atoms with Crippen LogP contribution in [0.2, 0.25) is 0 Å². The van der Waals surface area contributed by atoms with E-state index >= 15 is 0 Å². The van der Waals surface area contributed by atoms with E-state index in [9.17, 15) is 14.7 Å². The molecule has 2 aromatic rings. The Kier molecular flexibility index (Phi) is 5.11. The van der Waals surface area contributed by atoms with Gasteiger partial charge in [-0.2, -0.15) is 0 Å². The first-order chi connectivity index (χ1) is 12.4. The average molecular weight is 385 g/mol. The summed E-state index contributed by atoms with van der Waals surface area (Å²) < 4.78 is 6.29. The van der Waals surface area contributed by atoms with Gasteiger partial charge in [0.05, 0.1) is 10.5 Å². The third-order valence-corrected chi connectivity index (χ3v) is 5.29. The van der Waals surface area contributed by atoms with E-state index in [1.165, 1.54) is 16.7 Å². The number of rotatable bonds is 5. The Morgan fingerprint density at radius 3 is 2.85 bits per heavy atom.